The number of nitrogens with one attached hydrogen (secondary N) is 1. The van der Waals surface area contributed by atoms with Crippen LogP contribution in [0.3, 0.4) is 0 Å². The van der Waals surface area contributed by atoms with E-state index in [1.54, 1.807) is 38.4 Å². The number of nitrogens with zero attached hydrogens (tertiary/aromatic N) is 2. The predicted octanol–water partition coefficient (Wildman–Crippen LogP) is 4.15. The third-order valence-corrected chi connectivity index (χ3v) is 6.76. The SMILES string of the molecule is CNC=O.COc1cc(F)c(C2CC(=O)N(c3c(C)ccn(CC4CCO4)c3=O)C2)c(F)c1.Cc1ccc(F)cc1.OCF. The van der Waals surface area contributed by atoms with Crippen LogP contribution in [0.4, 0.5) is 23.2 Å². The van der Waals surface area contributed by atoms with Crippen LogP contribution in [0.2, 0.25) is 0 Å². The first-order chi connectivity index (χ1) is 21.0. The van der Waals surface area contributed by atoms with E-state index in [-0.39, 0.29) is 53.4 Å². The van der Waals surface area contributed by atoms with Gasteiger partial charge in [-0.3, -0.25) is 14.4 Å². The van der Waals surface area contributed by atoms with Crippen molar-refractivity contribution in [3.05, 3.63) is 93.2 Å². The molecule has 2 unspecified atom stereocenters. The summed E-state index contributed by atoms with van der Waals surface area (Å²) in [5.41, 5.74) is 1.54. The molecular formula is C31H37F4N3O6. The Labute approximate surface area is 253 Å². The van der Waals surface area contributed by atoms with Gasteiger partial charge in [-0.05, 0) is 44.0 Å². The Morgan fingerprint density at radius 3 is 2.11 bits per heavy atom. The molecule has 2 saturated heterocycles. The molecule has 2 aromatic carbocycles. The average Bonchev–Trinajstić information content (AvgIpc) is 3.33. The van der Waals surface area contributed by atoms with Gasteiger partial charge in [0.25, 0.3) is 5.56 Å². The number of halogens is 4. The Balaban J connectivity index is 0.000000372. The van der Waals surface area contributed by atoms with Crippen molar-refractivity contribution in [1.29, 1.82) is 0 Å². The summed E-state index contributed by atoms with van der Waals surface area (Å²) in [7, 11) is 2.89. The quantitative estimate of drug-likeness (QED) is 0.316. The number of aromatic nitrogens is 1. The first kappa shape index (κ1) is 36.0. The number of hydrogen-bond donors (Lipinski definition) is 2. The number of benzene rings is 2. The third kappa shape index (κ3) is 9.91. The molecule has 0 saturated carbocycles. The van der Waals surface area contributed by atoms with E-state index in [9.17, 15) is 27.2 Å². The molecule has 2 amide bonds. The smallest absolute Gasteiger partial charge is 0.274 e. The van der Waals surface area contributed by atoms with Gasteiger partial charge in [-0.2, -0.15) is 0 Å². The second-order valence-electron chi connectivity index (χ2n) is 9.82. The Kier molecular flexibility index (Phi) is 14.5. The summed E-state index contributed by atoms with van der Waals surface area (Å²) in [5.74, 6) is -2.63. The predicted molar refractivity (Wildman–Crippen MR) is 157 cm³/mol. The number of ether oxygens (including phenoxy) is 2. The molecule has 2 aliphatic rings. The first-order valence-corrected chi connectivity index (χ1v) is 13.7. The monoisotopic (exact) mass is 623 g/mol. The second-order valence-corrected chi connectivity index (χ2v) is 9.82. The highest BCUT2D eigenvalue weighted by Gasteiger charge is 2.37. The number of aliphatic hydroxyl groups is 1. The highest BCUT2D eigenvalue weighted by molar-refractivity contribution is 5.97. The van der Waals surface area contributed by atoms with Crippen LogP contribution in [-0.2, 0) is 20.9 Å². The molecule has 2 fully saturated rings. The van der Waals surface area contributed by atoms with Crippen LogP contribution in [0.15, 0.2) is 53.5 Å². The number of anilines is 1. The summed E-state index contributed by atoms with van der Waals surface area (Å²) in [5, 5.41) is 9.15. The van der Waals surface area contributed by atoms with Gasteiger partial charge in [0.15, 0.2) is 6.86 Å². The topological polar surface area (TPSA) is 110 Å². The van der Waals surface area contributed by atoms with Gasteiger partial charge >= 0.3 is 0 Å². The lowest BCUT2D eigenvalue weighted by molar-refractivity contribution is -0.117. The van der Waals surface area contributed by atoms with Crippen LogP contribution in [-0.4, -0.2) is 62.3 Å². The molecular weight excluding hydrogens is 586 g/mol. The minimum absolute atomic E-state index is 0.00669. The molecule has 3 heterocycles. The number of carbonyl (C=O) groups excluding carboxylic acids is 2. The maximum absolute atomic E-state index is 14.5. The number of methoxy groups -OCH3 is 1. The normalized spacial score (nSPS) is 16.7. The van der Waals surface area contributed by atoms with Crippen LogP contribution in [0, 0.1) is 31.3 Å². The molecule has 5 rings (SSSR count). The molecule has 3 aromatic rings. The lowest BCUT2D eigenvalue weighted by atomic mass is 9.97. The Morgan fingerprint density at radius 1 is 1.09 bits per heavy atom. The van der Waals surface area contributed by atoms with Crippen molar-refractivity contribution >= 4 is 18.0 Å². The number of rotatable bonds is 6. The summed E-state index contributed by atoms with van der Waals surface area (Å²) in [6.07, 6.45) is 3.12. The lowest BCUT2D eigenvalue weighted by Gasteiger charge is -2.28. The Hall–Kier alpha value is -4.23. The standard InChI is InChI=1S/C21H22F2N2O4.C7H7F.C2H5NO.CH3FO/c1-12-3-5-24(11-14-4-6-29-14)21(27)20(12)25-10-13(7-18(25)26)19-16(22)8-15(28-2)9-17(19)23;1-6-2-4-7(8)5-3-6;1-3-2-4;2-1-3/h3,5,8-9,13-14H,4,6-7,10-11H2,1-2H3;2-5H,1H3;2H,1H3,(H,3,4);3H,1H2. The van der Waals surface area contributed by atoms with Gasteiger partial charge in [-0.25, -0.2) is 17.6 Å². The highest BCUT2D eigenvalue weighted by Crippen LogP contribution is 2.36. The number of aryl methyl sites for hydroxylation is 2. The minimum atomic E-state index is -1.25. The number of pyridine rings is 1. The van der Waals surface area contributed by atoms with Crippen LogP contribution in [0.5, 0.6) is 5.75 Å². The van der Waals surface area contributed by atoms with E-state index >= 15 is 0 Å². The lowest BCUT2D eigenvalue weighted by Crippen LogP contribution is -2.38. The zero-order valence-corrected chi connectivity index (χ0v) is 25.0. The summed E-state index contributed by atoms with van der Waals surface area (Å²) in [4.78, 5) is 36.1. The average molecular weight is 624 g/mol. The third-order valence-electron chi connectivity index (χ3n) is 6.76. The summed E-state index contributed by atoms with van der Waals surface area (Å²) >= 11 is 0. The number of aliphatic hydroxyl groups excluding tert-OH is 1. The largest absolute Gasteiger partial charge is 0.497 e. The van der Waals surface area contributed by atoms with Crippen LogP contribution >= 0.6 is 0 Å². The van der Waals surface area contributed by atoms with Crippen molar-refractivity contribution in [1.82, 2.24) is 9.88 Å². The van der Waals surface area contributed by atoms with Crippen LogP contribution in [0.1, 0.15) is 35.4 Å². The molecule has 0 spiro atoms. The molecule has 9 nitrogen and oxygen atoms in total. The van der Waals surface area contributed by atoms with Crippen molar-refractivity contribution in [3.8, 4) is 5.75 Å². The summed E-state index contributed by atoms with van der Waals surface area (Å²) in [6.45, 7) is 3.57. The van der Waals surface area contributed by atoms with Crippen molar-refractivity contribution in [2.75, 3.05) is 39.1 Å². The molecule has 13 heteroatoms. The summed E-state index contributed by atoms with van der Waals surface area (Å²) < 4.78 is 62.7. The molecule has 0 radical (unpaired) electrons. The highest BCUT2D eigenvalue weighted by atomic mass is 19.1. The molecule has 1 aromatic heterocycles. The number of hydrogen-bond acceptors (Lipinski definition) is 6. The van der Waals surface area contributed by atoms with Crippen molar-refractivity contribution in [2.45, 2.75) is 45.3 Å². The van der Waals surface area contributed by atoms with Gasteiger partial charge in [0.05, 0.1) is 19.8 Å². The molecule has 2 aliphatic heterocycles. The Bertz CT molecular complexity index is 1390. The van der Waals surface area contributed by atoms with E-state index in [0.29, 0.717) is 25.1 Å². The van der Waals surface area contributed by atoms with Gasteiger partial charge in [0.2, 0.25) is 12.3 Å². The number of amides is 2. The van der Waals surface area contributed by atoms with Crippen LogP contribution in [0.25, 0.3) is 0 Å². The zero-order valence-electron chi connectivity index (χ0n) is 25.0. The maximum Gasteiger partial charge on any atom is 0.274 e. The van der Waals surface area contributed by atoms with Gasteiger partial charge in [-0.15, -0.1) is 0 Å². The Morgan fingerprint density at radius 2 is 1.66 bits per heavy atom. The molecule has 0 aliphatic carbocycles. The van der Waals surface area contributed by atoms with Crippen molar-refractivity contribution in [2.24, 2.45) is 0 Å². The molecule has 2 atom stereocenters. The molecule has 44 heavy (non-hydrogen) atoms. The fraction of sp³-hybridized carbons (Fsp3) is 0.387. The van der Waals surface area contributed by atoms with E-state index in [1.165, 1.54) is 28.7 Å². The van der Waals surface area contributed by atoms with E-state index in [4.69, 9.17) is 19.4 Å². The van der Waals surface area contributed by atoms with Gasteiger partial charge in [-0.1, -0.05) is 17.7 Å². The van der Waals surface area contributed by atoms with Crippen molar-refractivity contribution < 1.29 is 41.7 Å². The molecule has 2 N–H and O–H groups in total. The number of carbonyl (C=O) groups is 2. The van der Waals surface area contributed by atoms with E-state index in [2.05, 4.69) is 5.32 Å². The molecule has 0 bridgehead atoms. The fourth-order valence-corrected chi connectivity index (χ4v) is 4.49. The van der Waals surface area contributed by atoms with E-state index in [1.807, 2.05) is 6.92 Å². The van der Waals surface area contributed by atoms with Crippen molar-refractivity contribution in [3.63, 3.8) is 0 Å². The first-order valence-electron chi connectivity index (χ1n) is 13.7. The van der Waals surface area contributed by atoms with E-state index < -0.39 is 24.4 Å². The second kappa shape index (κ2) is 17.8. The zero-order chi connectivity index (χ0) is 32.8. The van der Waals surface area contributed by atoms with Gasteiger partial charge in [0.1, 0.15) is 28.9 Å². The maximum atomic E-state index is 14.5. The molecule has 240 valence electrons. The van der Waals surface area contributed by atoms with Gasteiger partial charge < -0.3 is 29.4 Å². The van der Waals surface area contributed by atoms with E-state index in [0.717, 1.165) is 24.1 Å². The van der Waals surface area contributed by atoms with Crippen LogP contribution < -0.4 is 20.5 Å². The minimum Gasteiger partial charge on any atom is -0.497 e. The summed E-state index contributed by atoms with van der Waals surface area (Å²) in [6, 6.07) is 10.4. The van der Waals surface area contributed by atoms with Gasteiger partial charge in [0, 0.05) is 56.4 Å². The fourth-order valence-electron chi connectivity index (χ4n) is 4.49. The number of alkyl halides is 1.